The van der Waals surface area contributed by atoms with Crippen LogP contribution in [0.15, 0.2) is 35.2 Å². The van der Waals surface area contributed by atoms with Gasteiger partial charge in [-0.1, -0.05) is 23.2 Å². The highest BCUT2D eigenvalue weighted by Gasteiger charge is 2.24. The lowest BCUT2D eigenvalue weighted by Crippen LogP contribution is -2.21. The summed E-state index contributed by atoms with van der Waals surface area (Å²) in [5, 5.41) is -0.189. The van der Waals surface area contributed by atoms with Crippen molar-refractivity contribution in [3.8, 4) is 5.75 Å². The van der Waals surface area contributed by atoms with Crippen LogP contribution in [0.3, 0.4) is 0 Å². The summed E-state index contributed by atoms with van der Waals surface area (Å²) in [6.07, 6.45) is 0.750. The minimum Gasteiger partial charge on any atom is -0.487 e. The van der Waals surface area contributed by atoms with Crippen LogP contribution in [0.1, 0.15) is 6.42 Å². The van der Waals surface area contributed by atoms with Crippen LogP contribution in [0.5, 0.6) is 5.75 Å². The molecule has 1 N–H and O–H groups in total. The average molecular weight is 437 g/mol. The van der Waals surface area contributed by atoms with E-state index in [1.807, 2.05) is 7.05 Å². The third-order valence-electron chi connectivity index (χ3n) is 4.09. The monoisotopic (exact) mass is 436 g/mol. The van der Waals surface area contributed by atoms with Gasteiger partial charge in [0.05, 0.1) is 15.7 Å². The highest BCUT2D eigenvalue weighted by atomic mass is 35.5. The van der Waals surface area contributed by atoms with Gasteiger partial charge in [-0.25, -0.2) is 17.2 Å². The van der Waals surface area contributed by atoms with Crippen molar-refractivity contribution in [3.05, 3.63) is 52.0 Å². The topological polar surface area (TPSA) is 58.6 Å². The standard InChI is InChI=1S/C17H16Cl2F2N2O3S/c1-23-5-4-11(9-23)26-16-6-10(2-3-12(16)18)22-27(24,25)17-8-14(20)13(19)7-15(17)21/h2-3,6-8,11,22H,4-5,9H2,1H3. The summed E-state index contributed by atoms with van der Waals surface area (Å²) in [5.74, 6) is -1.89. The van der Waals surface area contributed by atoms with Crippen molar-refractivity contribution in [2.45, 2.75) is 17.4 Å². The van der Waals surface area contributed by atoms with Gasteiger partial charge in [0.25, 0.3) is 10.0 Å². The maximum absolute atomic E-state index is 14.0. The number of nitrogens with one attached hydrogen (secondary N) is 1. The lowest BCUT2D eigenvalue weighted by atomic mass is 10.3. The zero-order valence-electron chi connectivity index (χ0n) is 14.2. The number of nitrogens with zero attached hydrogens (tertiary/aromatic N) is 1. The van der Waals surface area contributed by atoms with Crippen LogP contribution in [0.25, 0.3) is 0 Å². The highest BCUT2D eigenvalue weighted by molar-refractivity contribution is 7.92. The smallest absolute Gasteiger partial charge is 0.264 e. The van der Waals surface area contributed by atoms with Gasteiger partial charge in [-0.3, -0.25) is 4.72 Å². The summed E-state index contributed by atoms with van der Waals surface area (Å²) in [4.78, 5) is 1.25. The first kappa shape index (κ1) is 20.1. The first-order valence-electron chi connectivity index (χ1n) is 7.98. The van der Waals surface area contributed by atoms with E-state index < -0.39 is 31.6 Å². The average Bonchev–Trinajstić information content (AvgIpc) is 2.98. The van der Waals surface area contributed by atoms with Crippen molar-refractivity contribution in [1.82, 2.24) is 4.90 Å². The summed E-state index contributed by atoms with van der Waals surface area (Å²) in [6, 6.07) is 5.41. The molecule has 1 heterocycles. The Morgan fingerprint density at radius 2 is 1.89 bits per heavy atom. The van der Waals surface area contributed by atoms with Gasteiger partial charge in [-0.05, 0) is 37.7 Å². The van der Waals surface area contributed by atoms with Gasteiger partial charge in [0.15, 0.2) is 0 Å². The molecule has 1 aliphatic heterocycles. The van der Waals surface area contributed by atoms with Crippen LogP contribution < -0.4 is 9.46 Å². The third-order valence-corrected chi connectivity index (χ3v) is 6.09. The van der Waals surface area contributed by atoms with E-state index in [9.17, 15) is 17.2 Å². The Bertz CT molecular complexity index is 973. The molecule has 146 valence electrons. The van der Waals surface area contributed by atoms with E-state index in [0.29, 0.717) is 22.9 Å². The SMILES string of the molecule is CN1CCC(Oc2cc(NS(=O)(=O)c3cc(F)c(Cl)cc3F)ccc2Cl)C1. The van der Waals surface area contributed by atoms with E-state index in [0.717, 1.165) is 19.5 Å². The van der Waals surface area contributed by atoms with Crippen molar-refractivity contribution < 1.29 is 21.9 Å². The van der Waals surface area contributed by atoms with Gasteiger partial charge >= 0.3 is 0 Å². The molecule has 3 rings (SSSR count). The highest BCUT2D eigenvalue weighted by Crippen LogP contribution is 2.31. The Balaban J connectivity index is 1.85. The molecule has 0 amide bonds. The Morgan fingerprint density at radius 1 is 1.15 bits per heavy atom. The molecule has 1 fully saturated rings. The molecular weight excluding hydrogens is 421 g/mol. The van der Waals surface area contributed by atoms with E-state index in [-0.39, 0.29) is 11.8 Å². The van der Waals surface area contributed by atoms with Gasteiger partial charge in [-0.15, -0.1) is 0 Å². The van der Waals surface area contributed by atoms with Crippen molar-refractivity contribution >= 4 is 38.9 Å². The molecule has 2 aromatic carbocycles. The molecule has 1 atom stereocenters. The molecule has 0 radical (unpaired) electrons. The number of anilines is 1. The molecule has 0 aliphatic carbocycles. The van der Waals surface area contributed by atoms with Crippen LogP contribution in [0.4, 0.5) is 14.5 Å². The van der Waals surface area contributed by atoms with Gasteiger partial charge in [0.1, 0.15) is 28.4 Å². The molecule has 1 saturated heterocycles. The van der Waals surface area contributed by atoms with Crippen molar-refractivity contribution in [2.24, 2.45) is 0 Å². The Kier molecular flexibility index (Phi) is 5.81. The number of likely N-dealkylation sites (tertiary alicyclic amines) is 1. The minimum atomic E-state index is -4.38. The fourth-order valence-corrected chi connectivity index (χ4v) is 4.18. The number of halogens is 4. The summed E-state index contributed by atoms with van der Waals surface area (Å²) < 4.78 is 60.4. The lowest BCUT2D eigenvalue weighted by molar-refractivity contribution is 0.208. The molecule has 0 saturated carbocycles. The van der Waals surface area contributed by atoms with Gasteiger partial charge < -0.3 is 9.64 Å². The summed E-state index contributed by atoms with van der Waals surface area (Å²) in [7, 11) is -2.41. The van der Waals surface area contributed by atoms with E-state index in [1.54, 1.807) is 0 Å². The maximum atomic E-state index is 14.0. The van der Waals surface area contributed by atoms with Crippen LogP contribution in [0, 0.1) is 11.6 Å². The number of hydrogen-bond acceptors (Lipinski definition) is 4. The number of rotatable bonds is 5. The number of sulfonamides is 1. The fraction of sp³-hybridized carbons (Fsp3) is 0.294. The van der Waals surface area contributed by atoms with Gasteiger partial charge in [0, 0.05) is 19.2 Å². The van der Waals surface area contributed by atoms with Crippen LogP contribution in [-0.2, 0) is 10.0 Å². The third kappa shape index (κ3) is 4.63. The van der Waals surface area contributed by atoms with Gasteiger partial charge in [0.2, 0.25) is 0 Å². The van der Waals surface area contributed by atoms with Crippen molar-refractivity contribution in [2.75, 3.05) is 24.9 Å². The van der Waals surface area contributed by atoms with E-state index in [1.165, 1.54) is 18.2 Å². The normalized spacial score (nSPS) is 17.9. The molecular formula is C17H16Cl2F2N2O3S. The summed E-state index contributed by atoms with van der Waals surface area (Å²) >= 11 is 11.6. The second kappa shape index (κ2) is 7.79. The molecule has 27 heavy (non-hydrogen) atoms. The molecule has 0 spiro atoms. The molecule has 10 heteroatoms. The second-order valence-electron chi connectivity index (χ2n) is 6.24. The molecule has 0 bridgehead atoms. The first-order valence-corrected chi connectivity index (χ1v) is 10.2. The Hall–Kier alpha value is -1.61. The predicted molar refractivity (Wildman–Crippen MR) is 100 cm³/mol. The van der Waals surface area contributed by atoms with E-state index in [2.05, 4.69) is 9.62 Å². The summed E-state index contributed by atoms with van der Waals surface area (Å²) in [6.45, 7) is 1.61. The second-order valence-corrected chi connectivity index (χ2v) is 8.70. The van der Waals surface area contributed by atoms with Crippen molar-refractivity contribution in [3.63, 3.8) is 0 Å². The number of ether oxygens (including phenoxy) is 1. The van der Waals surface area contributed by atoms with Crippen LogP contribution in [-0.4, -0.2) is 39.6 Å². The zero-order valence-corrected chi connectivity index (χ0v) is 16.5. The quantitative estimate of drug-likeness (QED) is 0.714. The lowest BCUT2D eigenvalue weighted by Gasteiger charge is -2.16. The maximum Gasteiger partial charge on any atom is 0.264 e. The molecule has 1 unspecified atom stereocenters. The first-order chi connectivity index (χ1) is 12.7. The zero-order chi connectivity index (χ0) is 19.8. The largest absolute Gasteiger partial charge is 0.487 e. The molecule has 2 aromatic rings. The fourth-order valence-electron chi connectivity index (χ4n) is 2.75. The number of likely N-dealkylation sites (N-methyl/N-ethyl adjacent to an activating group) is 1. The number of hydrogen-bond donors (Lipinski definition) is 1. The van der Waals surface area contributed by atoms with Crippen LogP contribution >= 0.6 is 23.2 Å². The Morgan fingerprint density at radius 3 is 2.56 bits per heavy atom. The van der Waals surface area contributed by atoms with E-state index >= 15 is 0 Å². The van der Waals surface area contributed by atoms with E-state index in [4.69, 9.17) is 27.9 Å². The Labute approximate surface area is 165 Å². The molecule has 1 aliphatic rings. The minimum absolute atomic E-state index is 0.0674. The summed E-state index contributed by atoms with van der Waals surface area (Å²) in [5.41, 5.74) is 0.107. The number of benzene rings is 2. The molecule has 0 aromatic heterocycles. The van der Waals surface area contributed by atoms with Gasteiger partial charge in [-0.2, -0.15) is 0 Å². The molecule has 5 nitrogen and oxygen atoms in total. The van der Waals surface area contributed by atoms with Crippen molar-refractivity contribution in [1.29, 1.82) is 0 Å². The predicted octanol–water partition coefficient (Wildman–Crippen LogP) is 4.16. The van der Waals surface area contributed by atoms with Crippen LogP contribution in [0.2, 0.25) is 10.0 Å².